The number of aliphatic hydroxyl groups is 1. The fraction of sp³-hybridized carbons (Fsp3) is 0.364. The van der Waals surface area contributed by atoms with Gasteiger partial charge >= 0.3 is 0 Å². The molecule has 0 aliphatic heterocycles. The third-order valence-corrected chi connectivity index (χ3v) is 4.77. The van der Waals surface area contributed by atoms with Crippen LogP contribution in [0, 0.1) is 12.8 Å². The summed E-state index contributed by atoms with van der Waals surface area (Å²) >= 11 is 0. The van der Waals surface area contributed by atoms with Crippen LogP contribution in [0.25, 0.3) is 5.65 Å². The lowest BCUT2D eigenvalue weighted by atomic mass is 9.94. The molecule has 0 saturated heterocycles. The first-order valence-corrected chi connectivity index (χ1v) is 9.44. The van der Waals surface area contributed by atoms with Gasteiger partial charge in [-0.2, -0.15) is 0 Å². The Morgan fingerprint density at radius 1 is 1.24 bits per heavy atom. The number of ketones is 1. The topological polar surface area (TPSA) is 73.1 Å². The average Bonchev–Trinajstić information content (AvgIpc) is 3.05. The number of carbonyl (C=O) groups is 1. The maximum atomic E-state index is 13.0. The Hall–Kier alpha value is -2.57. The first-order valence-electron chi connectivity index (χ1n) is 9.44. The molecule has 0 bridgehead atoms. The number of hydrogen-bond donors (Lipinski definition) is 1. The van der Waals surface area contributed by atoms with Crippen LogP contribution in [-0.2, 0) is 6.42 Å². The van der Waals surface area contributed by atoms with E-state index in [0.29, 0.717) is 35.8 Å². The molecule has 0 unspecified atom stereocenters. The summed E-state index contributed by atoms with van der Waals surface area (Å²) in [6, 6.07) is 11.4. The molecule has 0 amide bonds. The molecule has 0 radical (unpaired) electrons. The van der Waals surface area contributed by atoms with E-state index < -0.39 is 0 Å². The number of carbonyl (C=O) groups excluding carboxylic acids is 1. The standard InChI is InChI=1S/C22H26N2O4.ClH/c1-4-28-20-6-5-11-24-21(15(2)23-22(20)24)19(26)13-17(14-25)12-16-7-9-18(27-3)10-8-16;/h5-11,17,25H,4,12-14H2,1-3H3;1H/t17-;/m0./s1. The molecule has 0 aliphatic carbocycles. The molecule has 1 aromatic carbocycles. The van der Waals surface area contributed by atoms with Crippen LogP contribution in [-0.4, -0.2) is 40.6 Å². The number of fused-ring (bicyclic) bond motifs is 1. The minimum atomic E-state index is -0.166. The zero-order chi connectivity index (χ0) is 20.1. The van der Waals surface area contributed by atoms with Gasteiger partial charge in [0.1, 0.15) is 11.4 Å². The summed E-state index contributed by atoms with van der Waals surface area (Å²) < 4.78 is 12.6. The van der Waals surface area contributed by atoms with E-state index in [1.54, 1.807) is 11.5 Å². The van der Waals surface area contributed by atoms with Crippen LogP contribution in [0.1, 0.15) is 35.1 Å². The van der Waals surface area contributed by atoms with E-state index >= 15 is 0 Å². The van der Waals surface area contributed by atoms with Gasteiger partial charge in [0, 0.05) is 19.2 Å². The molecule has 29 heavy (non-hydrogen) atoms. The predicted octanol–water partition coefficient (Wildman–Crippen LogP) is 3.90. The first kappa shape index (κ1) is 22.7. The number of methoxy groups -OCH3 is 1. The Kier molecular flexibility index (Phi) is 8.05. The van der Waals surface area contributed by atoms with Crippen LogP contribution in [0.3, 0.4) is 0 Å². The maximum Gasteiger partial charge on any atom is 0.181 e. The average molecular weight is 419 g/mol. The predicted molar refractivity (Wildman–Crippen MR) is 115 cm³/mol. The Morgan fingerprint density at radius 3 is 2.59 bits per heavy atom. The number of aryl methyl sites for hydroxylation is 1. The number of Topliss-reactive ketones (excluding diaryl/α,β-unsaturated/α-hetero) is 1. The molecule has 3 aromatic rings. The van der Waals surface area contributed by atoms with Gasteiger partial charge in [-0.05, 0) is 56.0 Å². The highest BCUT2D eigenvalue weighted by Gasteiger charge is 2.22. The summed E-state index contributed by atoms with van der Waals surface area (Å²) in [5.41, 5.74) is 2.91. The summed E-state index contributed by atoms with van der Waals surface area (Å²) in [6.07, 6.45) is 2.69. The van der Waals surface area contributed by atoms with Crippen LogP contribution in [0.5, 0.6) is 11.5 Å². The van der Waals surface area contributed by atoms with Crippen molar-refractivity contribution >= 4 is 23.8 Å². The van der Waals surface area contributed by atoms with E-state index in [0.717, 1.165) is 11.3 Å². The number of nitrogens with zero attached hydrogens (tertiary/aromatic N) is 2. The van der Waals surface area contributed by atoms with Gasteiger partial charge < -0.3 is 14.6 Å². The van der Waals surface area contributed by atoms with Crippen molar-refractivity contribution in [3.8, 4) is 11.5 Å². The molecule has 0 saturated carbocycles. The fourth-order valence-corrected chi connectivity index (χ4v) is 3.42. The largest absolute Gasteiger partial charge is 0.497 e. The van der Waals surface area contributed by atoms with Crippen LogP contribution in [0.4, 0.5) is 0 Å². The molecule has 0 fully saturated rings. The zero-order valence-electron chi connectivity index (χ0n) is 16.9. The van der Waals surface area contributed by atoms with Crippen LogP contribution in [0.2, 0.25) is 0 Å². The Bertz CT molecular complexity index is 953. The number of imidazole rings is 1. The second-order valence-electron chi connectivity index (χ2n) is 6.77. The molecular weight excluding hydrogens is 392 g/mol. The van der Waals surface area contributed by atoms with Crippen LogP contribution >= 0.6 is 12.4 Å². The number of hydrogen-bond acceptors (Lipinski definition) is 5. The van der Waals surface area contributed by atoms with Crippen LogP contribution < -0.4 is 9.47 Å². The highest BCUT2D eigenvalue weighted by Crippen LogP contribution is 2.24. The van der Waals surface area contributed by atoms with Gasteiger partial charge in [-0.15, -0.1) is 12.4 Å². The molecule has 156 valence electrons. The maximum absolute atomic E-state index is 13.0. The van der Waals surface area contributed by atoms with Crippen molar-refractivity contribution in [2.24, 2.45) is 5.92 Å². The van der Waals surface area contributed by atoms with Gasteiger partial charge in [-0.1, -0.05) is 12.1 Å². The normalized spacial score (nSPS) is 11.7. The summed E-state index contributed by atoms with van der Waals surface area (Å²) in [6.45, 7) is 4.21. The Balaban J connectivity index is 0.00000300. The van der Waals surface area contributed by atoms with Crippen molar-refractivity contribution in [2.75, 3.05) is 20.3 Å². The quantitative estimate of drug-likeness (QED) is 0.533. The van der Waals surface area contributed by atoms with Gasteiger partial charge in [0.15, 0.2) is 17.2 Å². The van der Waals surface area contributed by atoms with Crippen molar-refractivity contribution < 1.29 is 19.4 Å². The van der Waals surface area contributed by atoms with Crippen LogP contribution in [0.15, 0.2) is 42.6 Å². The molecule has 6 nitrogen and oxygen atoms in total. The lowest BCUT2D eigenvalue weighted by molar-refractivity contribution is 0.0929. The van der Waals surface area contributed by atoms with E-state index in [-0.39, 0.29) is 37.1 Å². The summed E-state index contributed by atoms with van der Waals surface area (Å²) in [5.74, 6) is 1.24. The Labute approximate surface area is 176 Å². The molecule has 1 N–H and O–H groups in total. The molecule has 0 spiro atoms. The number of aromatic nitrogens is 2. The summed E-state index contributed by atoms with van der Waals surface area (Å²) in [7, 11) is 1.62. The number of aliphatic hydroxyl groups excluding tert-OH is 1. The zero-order valence-corrected chi connectivity index (χ0v) is 17.7. The van der Waals surface area contributed by atoms with E-state index in [4.69, 9.17) is 9.47 Å². The number of benzene rings is 1. The SMILES string of the molecule is CCOc1cccn2c(C(=O)C[C@@H](CO)Cc3ccc(OC)cc3)c(C)nc12.Cl. The highest BCUT2D eigenvalue weighted by molar-refractivity contribution is 5.97. The minimum absolute atomic E-state index is 0. The molecule has 1 atom stereocenters. The van der Waals surface area contributed by atoms with E-state index in [9.17, 15) is 9.90 Å². The third-order valence-electron chi connectivity index (χ3n) is 4.77. The first-order chi connectivity index (χ1) is 13.6. The molecule has 3 rings (SSSR count). The summed E-state index contributed by atoms with van der Waals surface area (Å²) in [4.78, 5) is 17.6. The monoisotopic (exact) mass is 418 g/mol. The second-order valence-corrected chi connectivity index (χ2v) is 6.77. The van der Waals surface area contributed by atoms with E-state index in [2.05, 4.69) is 4.98 Å². The van der Waals surface area contributed by atoms with E-state index in [1.165, 1.54) is 0 Å². The Morgan fingerprint density at radius 2 is 1.97 bits per heavy atom. The molecule has 2 heterocycles. The number of pyridine rings is 1. The molecule has 2 aromatic heterocycles. The molecule has 0 aliphatic rings. The fourth-order valence-electron chi connectivity index (χ4n) is 3.42. The van der Waals surface area contributed by atoms with Crippen molar-refractivity contribution in [3.05, 3.63) is 59.5 Å². The molecular formula is C22H27ClN2O4. The van der Waals surface area contributed by atoms with Gasteiger partial charge in [0.25, 0.3) is 0 Å². The van der Waals surface area contributed by atoms with Gasteiger partial charge in [-0.3, -0.25) is 9.20 Å². The van der Waals surface area contributed by atoms with Gasteiger partial charge in [0.05, 0.1) is 19.4 Å². The smallest absolute Gasteiger partial charge is 0.181 e. The number of halogens is 1. The van der Waals surface area contributed by atoms with Crippen molar-refractivity contribution in [3.63, 3.8) is 0 Å². The van der Waals surface area contributed by atoms with Crippen molar-refractivity contribution in [2.45, 2.75) is 26.7 Å². The van der Waals surface area contributed by atoms with Gasteiger partial charge in [0.2, 0.25) is 0 Å². The lowest BCUT2D eigenvalue weighted by Gasteiger charge is -2.14. The second kappa shape index (κ2) is 10.3. The van der Waals surface area contributed by atoms with Crippen molar-refractivity contribution in [1.82, 2.24) is 9.38 Å². The van der Waals surface area contributed by atoms with Crippen molar-refractivity contribution in [1.29, 1.82) is 0 Å². The number of ether oxygens (including phenoxy) is 2. The lowest BCUT2D eigenvalue weighted by Crippen LogP contribution is -2.17. The summed E-state index contributed by atoms with van der Waals surface area (Å²) in [5, 5.41) is 9.81. The highest BCUT2D eigenvalue weighted by atomic mass is 35.5. The number of rotatable bonds is 9. The van der Waals surface area contributed by atoms with E-state index in [1.807, 2.05) is 56.4 Å². The minimum Gasteiger partial charge on any atom is -0.497 e. The molecule has 7 heteroatoms. The van der Waals surface area contributed by atoms with Gasteiger partial charge in [-0.25, -0.2) is 4.98 Å². The third kappa shape index (κ3) is 5.08.